The van der Waals surface area contributed by atoms with Crippen LogP contribution in [0.15, 0.2) is 24.3 Å². The zero-order valence-electron chi connectivity index (χ0n) is 16.7. The van der Waals surface area contributed by atoms with Gasteiger partial charge in [0.2, 0.25) is 0 Å². The molecule has 5 heteroatoms. The van der Waals surface area contributed by atoms with Crippen LogP contribution in [-0.2, 0) is 9.53 Å². The largest absolute Gasteiger partial charge is 0.492 e. The number of hydrogen-bond donors (Lipinski definition) is 1. The third kappa shape index (κ3) is 5.71. The van der Waals surface area contributed by atoms with Crippen LogP contribution < -0.4 is 10.1 Å². The van der Waals surface area contributed by atoms with Gasteiger partial charge in [0.05, 0.1) is 0 Å². The van der Waals surface area contributed by atoms with E-state index in [1.54, 1.807) is 0 Å². The topological polar surface area (TPSA) is 50.8 Å². The van der Waals surface area contributed by atoms with E-state index >= 15 is 0 Å². The summed E-state index contributed by atoms with van der Waals surface area (Å²) in [6, 6.07) is 7.58. The van der Waals surface area contributed by atoms with Crippen molar-refractivity contribution in [3.05, 3.63) is 24.3 Å². The Bertz CT molecular complexity index is 553. The van der Waals surface area contributed by atoms with Crippen molar-refractivity contribution in [3.8, 4) is 5.75 Å². The number of hydrogen-bond acceptors (Lipinski definition) is 4. The molecular formula is C21H34N2O3. The molecule has 0 spiro atoms. The van der Waals surface area contributed by atoms with E-state index in [2.05, 4.69) is 31.0 Å². The van der Waals surface area contributed by atoms with Crippen LogP contribution in [0.5, 0.6) is 5.75 Å². The highest BCUT2D eigenvalue weighted by Crippen LogP contribution is 2.42. The maximum Gasteiger partial charge on any atom is 0.256 e. The Morgan fingerprint density at radius 2 is 1.81 bits per heavy atom. The van der Waals surface area contributed by atoms with Gasteiger partial charge in [0.15, 0.2) is 0 Å². The second-order valence-electron chi connectivity index (χ2n) is 7.08. The molecule has 0 bridgehead atoms. The standard InChI is InChI=1S/C21H34N2O3/c1-5-15-26-21(4,17-8-9-17)20(24)22-18-10-12-19(13-11-18)25-16-14-23(6-2)7-3/h10-13,17H,5-9,14-16H2,1-4H3,(H,22,24)/t21-/m0/s1. The SMILES string of the molecule is CCCO[C@](C)(C(=O)Nc1ccc(OCCN(CC)CC)cc1)C1CC1. The number of benzene rings is 1. The van der Waals surface area contributed by atoms with Gasteiger partial charge in [-0.3, -0.25) is 4.79 Å². The molecule has 26 heavy (non-hydrogen) atoms. The summed E-state index contributed by atoms with van der Waals surface area (Å²) in [6.07, 6.45) is 3.04. The Morgan fingerprint density at radius 3 is 2.35 bits per heavy atom. The Hall–Kier alpha value is -1.59. The number of nitrogens with zero attached hydrogens (tertiary/aromatic N) is 1. The lowest BCUT2D eigenvalue weighted by atomic mass is 9.98. The monoisotopic (exact) mass is 362 g/mol. The number of anilines is 1. The van der Waals surface area contributed by atoms with Crippen LogP contribution in [0.3, 0.4) is 0 Å². The first-order valence-corrected chi connectivity index (χ1v) is 9.94. The average Bonchev–Trinajstić information content (AvgIpc) is 3.50. The summed E-state index contributed by atoms with van der Waals surface area (Å²) in [4.78, 5) is 15.1. The number of amides is 1. The Morgan fingerprint density at radius 1 is 1.15 bits per heavy atom. The van der Waals surface area contributed by atoms with Gasteiger partial charge >= 0.3 is 0 Å². The van der Waals surface area contributed by atoms with Gasteiger partial charge in [-0.15, -0.1) is 0 Å². The van der Waals surface area contributed by atoms with Gasteiger partial charge in [0.1, 0.15) is 18.0 Å². The van der Waals surface area contributed by atoms with Crippen molar-refractivity contribution in [2.75, 3.05) is 38.2 Å². The van der Waals surface area contributed by atoms with Gasteiger partial charge in [-0.25, -0.2) is 0 Å². The fraction of sp³-hybridized carbons (Fsp3) is 0.667. The number of rotatable bonds is 12. The molecular weight excluding hydrogens is 328 g/mol. The van der Waals surface area contributed by atoms with Gasteiger partial charge in [-0.1, -0.05) is 20.8 Å². The van der Waals surface area contributed by atoms with E-state index in [0.29, 0.717) is 19.1 Å². The van der Waals surface area contributed by atoms with Crippen molar-refractivity contribution in [1.29, 1.82) is 0 Å². The van der Waals surface area contributed by atoms with Crippen molar-refractivity contribution >= 4 is 11.6 Å². The quantitative estimate of drug-likeness (QED) is 0.612. The van der Waals surface area contributed by atoms with Crippen LogP contribution in [0.2, 0.25) is 0 Å². The maximum absolute atomic E-state index is 12.7. The third-order valence-electron chi connectivity index (χ3n) is 5.10. The predicted octanol–water partition coefficient (Wildman–Crippen LogP) is 3.94. The van der Waals surface area contributed by atoms with E-state index in [9.17, 15) is 4.79 Å². The summed E-state index contributed by atoms with van der Waals surface area (Å²) in [7, 11) is 0. The third-order valence-corrected chi connectivity index (χ3v) is 5.10. The lowest BCUT2D eigenvalue weighted by Gasteiger charge is -2.28. The minimum absolute atomic E-state index is 0.0522. The molecule has 1 aliphatic rings. The molecule has 0 heterocycles. The molecule has 146 valence electrons. The van der Waals surface area contributed by atoms with Gasteiger partial charge in [0, 0.05) is 18.8 Å². The smallest absolute Gasteiger partial charge is 0.256 e. The van der Waals surface area contributed by atoms with E-state index in [0.717, 1.165) is 50.3 Å². The number of nitrogens with one attached hydrogen (secondary N) is 1. The molecule has 0 aliphatic heterocycles. The van der Waals surface area contributed by atoms with E-state index in [1.807, 2.05) is 31.2 Å². The zero-order chi connectivity index (χ0) is 19.0. The molecule has 1 atom stereocenters. The van der Waals surface area contributed by atoms with Crippen LogP contribution in [0.4, 0.5) is 5.69 Å². The number of likely N-dealkylation sites (N-methyl/N-ethyl adjacent to an activating group) is 1. The highest BCUT2D eigenvalue weighted by molar-refractivity contribution is 5.97. The molecule has 0 aromatic heterocycles. The predicted molar refractivity (Wildman–Crippen MR) is 106 cm³/mol. The maximum atomic E-state index is 12.7. The lowest BCUT2D eigenvalue weighted by molar-refractivity contribution is -0.142. The van der Waals surface area contributed by atoms with Crippen molar-refractivity contribution in [2.24, 2.45) is 5.92 Å². The zero-order valence-corrected chi connectivity index (χ0v) is 16.7. The normalized spacial score (nSPS) is 16.3. The fourth-order valence-corrected chi connectivity index (χ4v) is 3.04. The molecule has 1 aromatic rings. The van der Waals surface area contributed by atoms with Gasteiger partial charge in [-0.05, 0) is 69.5 Å². The Kier molecular flexibility index (Phi) is 7.91. The second-order valence-corrected chi connectivity index (χ2v) is 7.08. The van der Waals surface area contributed by atoms with Crippen LogP contribution in [-0.4, -0.2) is 49.3 Å². The van der Waals surface area contributed by atoms with Crippen molar-refractivity contribution in [2.45, 2.75) is 52.6 Å². The summed E-state index contributed by atoms with van der Waals surface area (Å²) in [5.41, 5.74) is 0.0488. The first-order chi connectivity index (χ1) is 12.5. The van der Waals surface area contributed by atoms with E-state index in [4.69, 9.17) is 9.47 Å². The highest BCUT2D eigenvalue weighted by atomic mass is 16.5. The second kappa shape index (κ2) is 9.93. The summed E-state index contributed by atoms with van der Waals surface area (Å²) < 4.78 is 11.7. The summed E-state index contributed by atoms with van der Waals surface area (Å²) in [5.74, 6) is 1.10. The average molecular weight is 363 g/mol. The van der Waals surface area contributed by atoms with Crippen molar-refractivity contribution < 1.29 is 14.3 Å². The minimum Gasteiger partial charge on any atom is -0.492 e. The van der Waals surface area contributed by atoms with Crippen LogP contribution in [0.1, 0.15) is 47.0 Å². The number of carbonyl (C=O) groups excluding carboxylic acids is 1. The summed E-state index contributed by atoms with van der Waals surface area (Å²) >= 11 is 0. The molecule has 5 nitrogen and oxygen atoms in total. The van der Waals surface area contributed by atoms with Crippen LogP contribution >= 0.6 is 0 Å². The first-order valence-electron chi connectivity index (χ1n) is 9.94. The molecule has 1 N–H and O–H groups in total. The van der Waals surface area contributed by atoms with Crippen molar-refractivity contribution in [1.82, 2.24) is 4.90 Å². The van der Waals surface area contributed by atoms with E-state index in [-0.39, 0.29) is 5.91 Å². The summed E-state index contributed by atoms with van der Waals surface area (Å²) in [5, 5.41) is 3.00. The minimum atomic E-state index is -0.727. The Balaban J connectivity index is 1.86. The molecule has 2 rings (SSSR count). The molecule has 1 saturated carbocycles. The molecule has 1 amide bonds. The van der Waals surface area contributed by atoms with Crippen molar-refractivity contribution in [3.63, 3.8) is 0 Å². The van der Waals surface area contributed by atoms with E-state index in [1.165, 1.54) is 0 Å². The fourth-order valence-electron chi connectivity index (χ4n) is 3.04. The summed E-state index contributed by atoms with van der Waals surface area (Å²) in [6.45, 7) is 12.5. The van der Waals surface area contributed by atoms with Gasteiger partial charge in [0.25, 0.3) is 5.91 Å². The molecule has 1 aliphatic carbocycles. The van der Waals surface area contributed by atoms with Crippen LogP contribution in [0, 0.1) is 5.92 Å². The lowest BCUT2D eigenvalue weighted by Crippen LogP contribution is -2.45. The molecule has 1 aromatic carbocycles. The molecule has 0 radical (unpaired) electrons. The highest BCUT2D eigenvalue weighted by Gasteiger charge is 2.48. The number of ether oxygens (including phenoxy) is 2. The van der Waals surface area contributed by atoms with Gasteiger partial charge < -0.3 is 19.7 Å². The number of carbonyl (C=O) groups is 1. The van der Waals surface area contributed by atoms with E-state index < -0.39 is 5.60 Å². The first kappa shape index (κ1) is 20.7. The van der Waals surface area contributed by atoms with Crippen LogP contribution in [0.25, 0.3) is 0 Å². The molecule has 0 unspecified atom stereocenters. The molecule has 1 fully saturated rings. The van der Waals surface area contributed by atoms with Gasteiger partial charge in [-0.2, -0.15) is 0 Å². The Labute approximate surface area is 158 Å². The molecule has 0 saturated heterocycles.